The van der Waals surface area contributed by atoms with E-state index >= 15 is 0 Å². The van der Waals surface area contributed by atoms with Gasteiger partial charge < -0.3 is 10.5 Å². The molecule has 1 heterocycles. The third-order valence-corrected chi connectivity index (χ3v) is 2.55. The molecule has 0 aliphatic carbocycles. The largest absolute Gasteiger partial charge is 0.395 e. The summed E-state index contributed by atoms with van der Waals surface area (Å²) < 4.78 is 0. The van der Waals surface area contributed by atoms with Gasteiger partial charge in [-0.1, -0.05) is 6.92 Å². The first-order valence-corrected chi connectivity index (χ1v) is 4.84. The minimum absolute atomic E-state index is 0.165. The molecule has 13 heavy (non-hydrogen) atoms. The Balaban J connectivity index is 2.66. The van der Waals surface area contributed by atoms with Crippen molar-refractivity contribution in [3.8, 4) is 0 Å². The van der Waals surface area contributed by atoms with E-state index in [9.17, 15) is 0 Å². The predicted octanol–water partition coefficient (Wildman–Crippen LogP) is 0.840. The van der Waals surface area contributed by atoms with E-state index in [1.54, 1.807) is 18.0 Å². The van der Waals surface area contributed by atoms with Crippen LogP contribution in [0.15, 0.2) is 23.2 Å². The Morgan fingerprint density at radius 3 is 3.15 bits per heavy atom. The van der Waals surface area contributed by atoms with E-state index in [1.165, 1.54) is 0 Å². The number of hydrogen-bond acceptors (Lipinski definition) is 5. The number of anilines is 1. The number of aliphatic hydroxyl groups excluding tert-OH is 1. The average molecular weight is 199 g/mol. The third kappa shape index (κ3) is 3.22. The molecule has 1 aromatic heterocycles. The van der Waals surface area contributed by atoms with E-state index < -0.39 is 0 Å². The fourth-order valence-corrected chi connectivity index (χ4v) is 1.69. The summed E-state index contributed by atoms with van der Waals surface area (Å²) in [6.45, 7) is 2.12. The molecule has 0 amide bonds. The lowest BCUT2D eigenvalue weighted by Crippen LogP contribution is -2.08. The van der Waals surface area contributed by atoms with Gasteiger partial charge in [-0.2, -0.15) is 0 Å². The molecule has 0 saturated heterocycles. The van der Waals surface area contributed by atoms with E-state index in [0.29, 0.717) is 5.82 Å². The van der Waals surface area contributed by atoms with Crippen molar-refractivity contribution in [1.82, 2.24) is 4.98 Å². The van der Waals surface area contributed by atoms with Crippen molar-refractivity contribution in [3.63, 3.8) is 0 Å². The number of aliphatic hydroxyl groups is 1. The van der Waals surface area contributed by atoms with Gasteiger partial charge in [0.05, 0.1) is 6.61 Å². The molecule has 4 nitrogen and oxygen atoms in total. The first-order chi connectivity index (χ1) is 6.26. The molecule has 0 radical (unpaired) electrons. The van der Waals surface area contributed by atoms with E-state index in [2.05, 4.69) is 10.4 Å². The molecule has 0 fully saturated rings. The molecule has 5 heteroatoms. The monoisotopic (exact) mass is 199 g/mol. The van der Waals surface area contributed by atoms with E-state index in [-0.39, 0.29) is 11.9 Å². The van der Waals surface area contributed by atoms with Crippen molar-refractivity contribution in [1.29, 1.82) is 0 Å². The fourth-order valence-electron chi connectivity index (χ4n) is 0.833. The Morgan fingerprint density at radius 2 is 2.54 bits per heavy atom. The molecule has 72 valence electrons. The van der Waals surface area contributed by atoms with Crippen molar-refractivity contribution in [2.24, 2.45) is 5.84 Å². The van der Waals surface area contributed by atoms with Gasteiger partial charge in [-0.3, -0.25) is 0 Å². The van der Waals surface area contributed by atoms with Crippen LogP contribution in [0.1, 0.15) is 6.92 Å². The lowest BCUT2D eigenvalue weighted by molar-refractivity contribution is 0.300. The molecule has 0 aliphatic rings. The van der Waals surface area contributed by atoms with Crippen molar-refractivity contribution >= 4 is 17.6 Å². The van der Waals surface area contributed by atoms with E-state index in [4.69, 9.17) is 10.9 Å². The molecule has 0 bridgehead atoms. The summed E-state index contributed by atoms with van der Waals surface area (Å²) in [5.41, 5.74) is 2.47. The number of aromatic nitrogens is 1. The lowest BCUT2D eigenvalue weighted by atomic mass is 10.5. The highest BCUT2D eigenvalue weighted by atomic mass is 32.2. The molecule has 4 N–H and O–H groups in total. The van der Waals surface area contributed by atoms with Crippen LogP contribution in [0.4, 0.5) is 5.82 Å². The van der Waals surface area contributed by atoms with Gasteiger partial charge in [0.15, 0.2) is 0 Å². The second kappa shape index (κ2) is 5.06. The standard InChI is InChI=1S/C8H13N3OS/c1-6(5-12)13-7-2-3-10-8(4-7)11-9/h2-4,6,12H,5,9H2,1H3,(H,10,11). The lowest BCUT2D eigenvalue weighted by Gasteiger charge is -2.07. The maximum absolute atomic E-state index is 8.85. The minimum Gasteiger partial charge on any atom is -0.395 e. The average Bonchev–Trinajstić information content (AvgIpc) is 2.18. The highest BCUT2D eigenvalue weighted by molar-refractivity contribution is 8.00. The first kappa shape index (κ1) is 10.3. The summed E-state index contributed by atoms with van der Waals surface area (Å²) in [6.07, 6.45) is 1.68. The van der Waals surface area contributed by atoms with Gasteiger partial charge in [-0.15, -0.1) is 11.8 Å². The van der Waals surface area contributed by atoms with Crippen LogP contribution in [0.5, 0.6) is 0 Å². The Labute approximate surface area is 81.5 Å². The van der Waals surface area contributed by atoms with E-state index in [1.807, 2.05) is 19.1 Å². The Hall–Kier alpha value is -0.780. The second-order valence-corrected chi connectivity index (χ2v) is 4.14. The van der Waals surface area contributed by atoms with Crippen LogP contribution < -0.4 is 11.3 Å². The van der Waals surface area contributed by atoms with Gasteiger partial charge in [0.1, 0.15) is 5.82 Å². The number of hydrazine groups is 1. The van der Waals surface area contributed by atoms with Crippen LogP contribution in [0.25, 0.3) is 0 Å². The SMILES string of the molecule is CC(CO)Sc1ccnc(NN)c1. The van der Waals surface area contributed by atoms with E-state index in [0.717, 1.165) is 4.90 Å². The summed E-state index contributed by atoms with van der Waals surface area (Å²) in [4.78, 5) is 5.02. The summed E-state index contributed by atoms with van der Waals surface area (Å²) in [5.74, 6) is 5.85. The Kier molecular flexibility index (Phi) is 4.01. The maximum Gasteiger partial charge on any atom is 0.140 e. The summed E-state index contributed by atoms with van der Waals surface area (Å²) in [7, 11) is 0. The molecule has 1 aromatic rings. The fraction of sp³-hybridized carbons (Fsp3) is 0.375. The second-order valence-electron chi connectivity index (χ2n) is 2.63. The number of nitrogen functional groups attached to an aromatic ring is 1. The van der Waals surface area contributed by atoms with Gasteiger partial charge in [-0.25, -0.2) is 10.8 Å². The topological polar surface area (TPSA) is 71.2 Å². The van der Waals surface area contributed by atoms with Crippen molar-refractivity contribution in [2.75, 3.05) is 12.0 Å². The summed E-state index contributed by atoms with van der Waals surface area (Å²) >= 11 is 1.59. The van der Waals surface area contributed by atoms with Gasteiger partial charge in [0.2, 0.25) is 0 Å². The number of thioether (sulfide) groups is 1. The molecule has 1 atom stereocenters. The molecule has 0 spiro atoms. The third-order valence-electron chi connectivity index (χ3n) is 1.47. The van der Waals surface area contributed by atoms with Crippen LogP contribution >= 0.6 is 11.8 Å². The Morgan fingerprint density at radius 1 is 1.77 bits per heavy atom. The highest BCUT2D eigenvalue weighted by Gasteiger charge is 2.02. The van der Waals surface area contributed by atoms with Gasteiger partial charge in [0.25, 0.3) is 0 Å². The molecular weight excluding hydrogens is 186 g/mol. The number of pyridine rings is 1. The molecule has 0 saturated carbocycles. The van der Waals surface area contributed by atoms with Gasteiger partial charge in [-0.05, 0) is 12.1 Å². The summed E-state index contributed by atoms with van der Waals surface area (Å²) in [5, 5.41) is 9.03. The summed E-state index contributed by atoms with van der Waals surface area (Å²) in [6, 6.07) is 3.73. The first-order valence-electron chi connectivity index (χ1n) is 3.96. The highest BCUT2D eigenvalue weighted by Crippen LogP contribution is 2.23. The zero-order valence-corrected chi connectivity index (χ0v) is 8.21. The molecule has 0 aliphatic heterocycles. The quantitative estimate of drug-likeness (QED) is 0.381. The smallest absolute Gasteiger partial charge is 0.140 e. The predicted molar refractivity (Wildman–Crippen MR) is 54.5 cm³/mol. The van der Waals surface area contributed by atoms with Crippen molar-refractivity contribution in [2.45, 2.75) is 17.1 Å². The normalized spacial score (nSPS) is 12.5. The molecule has 1 rings (SSSR count). The van der Waals surface area contributed by atoms with Gasteiger partial charge >= 0.3 is 0 Å². The van der Waals surface area contributed by atoms with Crippen LogP contribution in [0, 0.1) is 0 Å². The number of nitrogens with zero attached hydrogens (tertiary/aromatic N) is 1. The van der Waals surface area contributed by atoms with Crippen LogP contribution in [0.3, 0.4) is 0 Å². The molecule has 1 unspecified atom stereocenters. The van der Waals surface area contributed by atoms with Crippen LogP contribution in [0.2, 0.25) is 0 Å². The number of rotatable bonds is 4. The zero-order chi connectivity index (χ0) is 9.68. The van der Waals surface area contributed by atoms with Crippen LogP contribution in [-0.2, 0) is 0 Å². The zero-order valence-electron chi connectivity index (χ0n) is 7.40. The van der Waals surface area contributed by atoms with Crippen molar-refractivity contribution in [3.05, 3.63) is 18.3 Å². The van der Waals surface area contributed by atoms with Crippen LogP contribution in [-0.4, -0.2) is 21.9 Å². The van der Waals surface area contributed by atoms with Crippen molar-refractivity contribution < 1.29 is 5.11 Å². The maximum atomic E-state index is 8.85. The number of nitrogens with two attached hydrogens (primary N) is 1. The molecule has 0 aromatic carbocycles. The Bertz CT molecular complexity index is 269. The molecular formula is C8H13N3OS. The number of hydrogen-bond donors (Lipinski definition) is 3. The number of nitrogens with one attached hydrogen (secondary N) is 1. The minimum atomic E-state index is 0.165. The van der Waals surface area contributed by atoms with Gasteiger partial charge in [0, 0.05) is 16.3 Å².